The van der Waals surface area contributed by atoms with Gasteiger partial charge in [0.25, 0.3) is 0 Å². The molecule has 0 radical (unpaired) electrons. The number of thiophene rings is 2. The van der Waals surface area contributed by atoms with Crippen molar-refractivity contribution in [3.05, 3.63) is 58.3 Å². The van der Waals surface area contributed by atoms with E-state index in [-0.39, 0.29) is 0 Å². The highest BCUT2D eigenvalue weighted by molar-refractivity contribution is 7.14. The van der Waals surface area contributed by atoms with Crippen LogP contribution in [0.25, 0.3) is 5.57 Å². The molecule has 1 aliphatic heterocycles. The number of hydrogen-bond acceptors (Lipinski definition) is 3. The van der Waals surface area contributed by atoms with E-state index >= 15 is 0 Å². The van der Waals surface area contributed by atoms with Crippen LogP contribution in [0.15, 0.2) is 53.4 Å². The van der Waals surface area contributed by atoms with Gasteiger partial charge in [0, 0.05) is 17.6 Å². The van der Waals surface area contributed by atoms with Gasteiger partial charge in [-0.3, -0.25) is 0 Å². The van der Waals surface area contributed by atoms with Crippen molar-refractivity contribution in [1.29, 1.82) is 0 Å². The minimum absolute atomic E-state index is 0.963. The normalized spacial score (nSPS) is 15.2. The SMILES string of the molecule is C1=CN(c2cccs2)CC=C1c1cccs1. The van der Waals surface area contributed by atoms with Crippen molar-refractivity contribution in [3.63, 3.8) is 0 Å². The van der Waals surface area contributed by atoms with Crippen LogP contribution in [0.4, 0.5) is 5.00 Å². The summed E-state index contributed by atoms with van der Waals surface area (Å²) in [6, 6.07) is 8.51. The second-order valence-corrected chi connectivity index (χ2v) is 5.43. The Kier molecular flexibility index (Phi) is 2.64. The fourth-order valence-corrected chi connectivity index (χ4v) is 3.19. The molecule has 0 bridgehead atoms. The van der Waals surface area contributed by atoms with Crippen LogP contribution in [0.1, 0.15) is 4.88 Å². The topological polar surface area (TPSA) is 3.24 Å². The summed E-state index contributed by atoms with van der Waals surface area (Å²) in [5.41, 5.74) is 1.34. The zero-order valence-corrected chi connectivity index (χ0v) is 10.3. The Bertz CT molecular complexity index is 506. The highest BCUT2D eigenvalue weighted by Gasteiger charge is 2.08. The zero-order valence-electron chi connectivity index (χ0n) is 8.67. The van der Waals surface area contributed by atoms with Crippen molar-refractivity contribution in [1.82, 2.24) is 0 Å². The molecule has 80 valence electrons. The van der Waals surface area contributed by atoms with E-state index in [4.69, 9.17) is 0 Å². The molecule has 3 rings (SSSR count). The van der Waals surface area contributed by atoms with Crippen LogP contribution in [0.3, 0.4) is 0 Å². The largest absolute Gasteiger partial charge is 0.336 e. The maximum absolute atomic E-state index is 2.28. The van der Waals surface area contributed by atoms with Crippen molar-refractivity contribution in [3.8, 4) is 0 Å². The van der Waals surface area contributed by atoms with Crippen LogP contribution in [-0.2, 0) is 0 Å². The molecule has 0 N–H and O–H groups in total. The van der Waals surface area contributed by atoms with E-state index in [1.165, 1.54) is 15.5 Å². The van der Waals surface area contributed by atoms with Gasteiger partial charge in [-0.2, -0.15) is 0 Å². The molecule has 2 aromatic rings. The number of nitrogens with zero attached hydrogens (tertiary/aromatic N) is 1. The minimum Gasteiger partial charge on any atom is -0.336 e. The average molecular weight is 245 g/mol. The summed E-state index contributed by atoms with van der Waals surface area (Å²) in [6.07, 6.45) is 6.64. The van der Waals surface area contributed by atoms with Gasteiger partial charge in [-0.05, 0) is 40.6 Å². The van der Waals surface area contributed by atoms with Crippen molar-refractivity contribution in [2.75, 3.05) is 11.4 Å². The number of rotatable bonds is 2. The fraction of sp³-hybridized carbons (Fsp3) is 0.0769. The first-order chi connectivity index (χ1) is 7.93. The molecule has 3 heterocycles. The zero-order chi connectivity index (χ0) is 10.8. The van der Waals surface area contributed by atoms with Gasteiger partial charge in [0.15, 0.2) is 0 Å². The smallest absolute Gasteiger partial charge is 0.0951 e. The van der Waals surface area contributed by atoms with Crippen LogP contribution in [-0.4, -0.2) is 6.54 Å². The summed E-state index contributed by atoms with van der Waals surface area (Å²) < 4.78 is 0. The summed E-state index contributed by atoms with van der Waals surface area (Å²) in [6.45, 7) is 0.963. The molecule has 0 saturated heterocycles. The molecule has 0 amide bonds. The first-order valence-corrected chi connectivity index (χ1v) is 6.92. The van der Waals surface area contributed by atoms with Crippen LogP contribution < -0.4 is 4.90 Å². The molecule has 1 aliphatic rings. The second kappa shape index (κ2) is 4.28. The Morgan fingerprint density at radius 3 is 2.56 bits per heavy atom. The van der Waals surface area contributed by atoms with Gasteiger partial charge in [-0.15, -0.1) is 22.7 Å². The Hall–Kier alpha value is -1.32. The minimum atomic E-state index is 0.963. The summed E-state index contributed by atoms with van der Waals surface area (Å²) >= 11 is 3.57. The summed E-state index contributed by atoms with van der Waals surface area (Å²) in [5, 5.41) is 5.54. The van der Waals surface area contributed by atoms with Gasteiger partial charge in [-0.25, -0.2) is 0 Å². The van der Waals surface area contributed by atoms with Crippen LogP contribution in [0.5, 0.6) is 0 Å². The Balaban J connectivity index is 1.79. The maximum Gasteiger partial charge on any atom is 0.0951 e. The van der Waals surface area contributed by atoms with Crippen molar-refractivity contribution in [2.45, 2.75) is 0 Å². The molecule has 16 heavy (non-hydrogen) atoms. The van der Waals surface area contributed by atoms with E-state index in [0.29, 0.717) is 0 Å². The summed E-state index contributed by atoms with van der Waals surface area (Å²) in [5.74, 6) is 0. The van der Waals surface area contributed by atoms with Gasteiger partial charge < -0.3 is 4.90 Å². The molecular formula is C13H11NS2. The van der Waals surface area contributed by atoms with Crippen molar-refractivity contribution < 1.29 is 0 Å². The second-order valence-electron chi connectivity index (χ2n) is 3.56. The van der Waals surface area contributed by atoms with Gasteiger partial charge in [0.1, 0.15) is 0 Å². The van der Waals surface area contributed by atoms with Crippen LogP contribution in [0.2, 0.25) is 0 Å². The molecule has 0 fully saturated rings. The average Bonchev–Trinajstić information content (AvgIpc) is 3.03. The lowest BCUT2D eigenvalue weighted by Crippen LogP contribution is -2.17. The maximum atomic E-state index is 2.28. The molecule has 0 saturated carbocycles. The Labute approximate surface area is 103 Å². The van der Waals surface area contributed by atoms with Gasteiger partial charge in [0.05, 0.1) is 5.00 Å². The van der Waals surface area contributed by atoms with Crippen molar-refractivity contribution >= 4 is 33.2 Å². The van der Waals surface area contributed by atoms with E-state index in [1.54, 1.807) is 22.7 Å². The van der Waals surface area contributed by atoms with E-state index in [1.807, 2.05) is 0 Å². The molecule has 2 aromatic heterocycles. The lowest BCUT2D eigenvalue weighted by Gasteiger charge is -2.20. The highest BCUT2D eigenvalue weighted by atomic mass is 32.1. The standard InChI is InChI=1S/C13H11NS2/c1-3-12(15-9-1)11-5-7-14(8-6-11)13-4-2-10-16-13/h1-7,9-10H,8H2. The van der Waals surface area contributed by atoms with Crippen LogP contribution in [0, 0.1) is 0 Å². The molecule has 0 atom stereocenters. The molecule has 0 unspecified atom stereocenters. The van der Waals surface area contributed by atoms with Gasteiger partial charge in [-0.1, -0.05) is 12.1 Å². The van der Waals surface area contributed by atoms with E-state index in [2.05, 4.69) is 58.3 Å². The molecule has 0 aliphatic carbocycles. The third-order valence-electron chi connectivity index (χ3n) is 2.54. The summed E-state index contributed by atoms with van der Waals surface area (Å²) in [7, 11) is 0. The predicted octanol–water partition coefficient (Wildman–Crippen LogP) is 4.23. The third kappa shape index (κ3) is 1.84. The summed E-state index contributed by atoms with van der Waals surface area (Å²) in [4.78, 5) is 3.61. The molecule has 1 nitrogen and oxygen atoms in total. The molecule has 3 heteroatoms. The van der Waals surface area contributed by atoms with E-state index in [0.717, 1.165) is 6.54 Å². The molecule has 0 spiro atoms. The monoisotopic (exact) mass is 245 g/mol. The first kappa shape index (κ1) is 9.87. The highest BCUT2D eigenvalue weighted by Crippen LogP contribution is 2.28. The van der Waals surface area contributed by atoms with Gasteiger partial charge >= 0.3 is 0 Å². The number of hydrogen-bond donors (Lipinski definition) is 0. The number of allylic oxidation sites excluding steroid dienone is 2. The Morgan fingerprint density at radius 2 is 1.94 bits per heavy atom. The Morgan fingerprint density at radius 1 is 1.06 bits per heavy atom. The van der Waals surface area contributed by atoms with E-state index < -0.39 is 0 Å². The predicted molar refractivity (Wildman–Crippen MR) is 73.1 cm³/mol. The molecule has 0 aromatic carbocycles. The number of anilines is 1. The lowest BCUT2D eigenvalue weighted by atomic mass is 10.1. The first-order valence-electron chi connectivity index (χ1n) is 5.16. The molecular weight excluding hydrogens is 234 g/mol. The van der Waals surface area contributed by atoms with Crippen LogP contribution >= 0.6 is 22.7 Å². The van der Waals surface area contributed by atoms with Gasteiger partial charge in [0.2, 0.25) is 0 Å². The van der Waals surface area contributed by atoms with Crippen molar-refractivity contribution in [2.24, 2.45) is 0 Å². The quantitative estimate of drug-likeness (QED) is 0.765. The lowest BCUT2D eigenvalue weighted by molar-refractivity contribution is 1.10. The van der Waals surface area contributed by atoms with E-state index in [9.17, 15) is 0 Å². The third-order valence-corrected chi connectivity index (χ3v) is 4.36. The fourth-order valence-electron chi connectivity index (χ4n) is 1.72.